The van der Waals surface area contributed by atoms with E-state index in [-0.39, 0.29) is 24.2 Å². The van der Waals surface area contributed by atoms with Gasteiger partial charge in [0.25, 0.3) is 5.91 Å². The molecule has 0 unspecified atom stereocenters. The Hall–Kier alpha value is -2.54. The Bertz CT molecular complexity index is 754. The molecule has 0 spiro atoms. The molecule has 3 N–H and O–H groups in total. The Morgan fingerprint density at radius 3 is 2.83 bits per heavy atom. The van der Waals surface area contributed by atoms with Gasteiger partial charge in [0.1, 0.15) is 17.3 Å². The first kappa shape index (κ1) is 15.4. The van der Waals surface area contributed by atoms with Gasteiger partial charge in [-0.15, -0.1) is 0 Å². The topological polar surface area (TPSA) is 79.5 Å². The lowest BCUT2D eigenvalue weighted by Gasteiger charge is -2.27. The number of carbonyl (C=O) groups excluding carboxylic acids is 1. The molecule has 1 aromatic heterocycles. The number of hydrogen-bond acceptors (Lipinski definition) is 4. The number of β-amino-alcohol motifs (C(OH)–C–C–N with tert-alkyl or cyclic N) is 1. The van der Waals surface area contributed by atoms with Gasteiger partial charge in [0.05, 0.1) is 12.1 Å². The molecule has 1 aromatic carbocycles. The number of aliphatic hydroxyl groups excluding tert-OH is 1. The SMILES string of the molecule is NC(=O)c1cc(N2C[C@H](O)C[C@@H]2c2cc(F)ccc2F)ccn1. The minimum absolute atomic E-state index is 0.0716. The van der Waals surface area contributed by atoms with Crippen LogP contribution in [0.5, 0.6) is 0 Å². The fraction of sp³-hybridized carbons (Fsp3) is 0.250. The molecule has 7 heteroatoms. The van der Waals surface area contributed by atoms with E-state index in [0.29, 0.717) is 5.69 Å². The number of hydrogen-bond donors (Lipinski definition) is 2. The Morgan fingerprint density at radius 2 is 2.09 bits per heavy atom. The zero-order valence-electron chi connectivity index (χ0n) is 12.1. The molecule has 3 rings (SSSR count). The van der Waals surface area contributed by atoms with Crippen LogP contribution in [0.4, 0.5) is 14.5 Å². The zero-order valence-corrected chi connectivity index (χ0v) is 12.1. The average molecular weight is 319 g/mol. The summed E-state index contributed by atoms with van der Waals surface area (Å²) in [5, 5.41) is 9.97. The number of benzene rings is 1. The van der Waals surface area contributed by atoms with Crippen LogP contribution in [-0.2, 0) is 0 Å². The number of anilines is 1. The monoisotopic (exact) mass is 319 g/mol. The van der Waals surface area contributed by atoms with E-state index < -0.39 is 29.7 Å². The Kier molecular flexibility index (Phi) is 3.96. The summed E-state index contributed by atoms with van der Waals surface area (Å²) in [6.45, 7) is 0.239. The summed E-state index contributed by atoms with van der Waals surface area (Å²) in [6.07, 6.45) is 0.987. The van der Waals surface area contributed by atoms with Crippen LogP contribution < -0.4 is 10.6 Å². The number of nitrogens with two attached hydrogens (primary N) is 1. The van der Waals surface area contributed by atoms with Gasteiger partial charge in [-0.3, -0.25) is 9.78 Å². The van der Waals surface area contributed by atoms with E-state index >= 15 is 0 Å². The predicted octanol–water partition coefficient (Wildman–Crippen LogP) is 1.77. The minimum atomic E-state index is -0.687. The fourth-order valence-electron chi connectivity index (χ4n) is 2.90. The number of nitrogens with zero attached hydrogens (tertiary/aromatic N) is 2. The number of carbonyl (C=O) groups is 1. The van der Waals surface area contributed by atoms with Crippen molar-refractivity contribution in [3.05, 3.63) is 59.4 Å². The van der Waals surface area contributed by atoms with Crippen LogP contribution in [0.15, 0.2) is 36.5 Å². The van der Waals surface area contributed by atoms with Crippen LogP contribution in [-0.4, -0.2) is 28.6 Å². The third-order valence-electron chi connectivity index (χ3n) is 3.92. The van der Waals surface area contributed by atoms with Crippen LogP contribution in [0, 0.1) is 11.6 Å². The van der Waals surface area contributed by atoms with Crippen molar-refractivity contribution in [3.8, 4) is 0 Å². The number of pyridine rings is 1. The molecular formula is C16H15F2N3O2. The van der Waals surface area contributed by atoms with Crippen molar-refractivity contribution in [2.45, 2.75) is 18.6 Å². The second-order valence-corrected chi connectivity index (χ2v) is 5.49. The van der Waals surface area contributed by atoms with E-state index in [1.807, 2.05) is 0 Å². The lowest BCUT2D eigenvalue weighted by Crippen LogP contribution is -2.25. The minimum Gasteiger partial charge on any atom is -0.391 e. The molecule has 1 saturated heterocycles. The van der Waals surface area contributed by atoms with Gasteiger partial charge in [0.15, 0.2) is 0 Å². The van der Waals surface area contributed by atoms with Gasteiger partial charge in [-0.05, 0) is 36.8 Å². The van der Waals surface area contributed by atoms with E-state index in [4.69, 9.17) is 5.73 Å². The summed E-state index contributed by atoms with van der Waals surface area (Å²) < 4.78 is 27.6. The average Bonchev–Trinajstić information content (AvgIpc) is 2.91. The third-order valence-corrected chi connectivity index (χ3v) is 3.92. The summed E-state index contributed by atoms with van der Waals surface area (Å²) in [5.74, 6) is -1.77. The summed E-state index contributed by atoms with van der Waals surface area (Å²) in [7, 11) is 0. The number of primary amides is 1. The Morgan fingerprint density at radius 1 is 1.30 bits per heavy atom. The summed E-state index contributed by atoms with van der Waals surface area (Å²) >= 11 is 0. The maximum absolute atomic E-state index is 14.1. The van der Waals surface area contributed by atoms with Gasteiger partial charge in [-0.1, -0.05) is 0 Å². The lowest BCUT2D eigenvalue weighted by molar-refractivity contribution is 0.0995. The second-order valence-electron chi connectivity index (χ2n) is 5.49. The molecule has 2 heterocycles. The molecular weight excluding hydrogens is 304 g/mol. The lowest BCUT2D eigenvalue weighted by atomic mass is 10.0. The van der Waals surface area contributed by atoms with Crippen LogP contribution >= 0.6 is 0 Å². The van der Waals surface area contributed by atoms with Crippen LogP contribution in [0.3, 0.4) is 0 Å². The zero-order chi connectivity index (χ0) is 16.6. The smallest absolute Gasteiger partial charge is 0.267 e. The fourth-order valence-corrected chi connectivity index (χ4v) is 2.90. The summed E-state index contributed by atoms with van der Waals surface area (Å²) in [5.41, 5.74) is 6.03. The highest BCUT2D eigenvalue weighted by Crippen LogP contribution is 2.37. The predicted molar refractivity (Wildman–Crippen MR) is 79.8 cm³/mol. The van der Waals surface area contributed by atoms with Crippen molar-refractivity contribution in [2.75, 3.05) is 11.4 Å². The standard InChI is InChI=1S/C16H15F2N3O2/c17-9-1-2-13(18)12(5-9)15-7-11(22)8-21(15)10-3-4-20-14(6-10)16(19)23/h1-6,11,15,22H,7-8H2,(H2,19,23)/t11-,15-/m1/s1. The number of rotatable bonds is 3. The highest BCUT2D eigenvalue weighted by atomic mass is 19.1. The molecule has 0 aliphatic carbocycles. The Labute approximate surface area is 131 Å². The number of aromatic nitrogens is 1. The molecule has 0 radical (unpaired) electrons. The van der Waals surface area contributed by atoms with Crippen molar-refractivity contribution in [1.29, 1.82) is 0 Å². The molecule has 1 amide bonds. The van der Waals surface area contributed by atoms with Crippen molar-refractivity contribution >= 4 is 11.6 Å². The normalized spacial score (nSPS) is 20.7. The molecule has 23 heavy (non-hydrogen) atoms. The van der Waals surface area contributed by atoms with Gasteiger partial charge in [0, 0.05) is 24.0 Å². The first-order valence-electron chi connectivity index (χ1n) is 7.11. The molecule has 0 saturated carbocycles. The largest absolute Gasteiger partial charge is 0.391 e. The Balaban J connectivity index is 2.01. The van der Waals surface area contributed by atoms with Crippen LogP contribution in [0.25, 0.3) is 0 Å². The van der Waals surface area contributed by atoms with E-state index in [1.165, 1.54) is 12.3 Å². The van der Waals surface area contributed by atoms with E-state index in [0.717, 1.165) is 18.2 Å². The van der Waals surface area contributed by atoms with Gasteiger partial charge in [0.2, 0.25) is 0 Å². The summed E-state index contributed by atoms with van der Waals surface area (Å²) in [4.78, 5) is 16.8. The highest BCUT2D eigenvalue weighted by molar-refractivity contribution is 5.91. The highest BCUT2D eigenvalue weighted by Gasteiger charge is 2.34. The number of aliphatic hydroxyl groups is 1. The second kappa shape index (κ2) is 5.92. The molecule has 1 fully saturated rings. The van der Waals surface area contributed by atoms with Crippen molar-refractivity contribution in [3.63, 3.8) is 0 Å². The van der Waals surface area contributed by atoms with Gasteiger partial charge in [-0.2, -0.15) is 0 Å². The quantitative estimate of drug-likeness (QED) is 0.904. The molecule has 5 nitrogen and oxygen atoms in total. The third kappa shape index (κ3) is 3.00. The first-order chi connectivity index (χ1) is 11.0. The first-order valence-corrected chi connectivity index (χ1v) is 7.11. The van der Waals surface area contributed by atoms with Crippen molar-refractivity contribution < 1.29 is 18.7 Å². The number of amides is 1. The maximum atomic E-state index is 14.1. The molecule has 1 aliphatic rings. The number of halogens is 2. The molecule has 120 valence electrons. The summed E-state index contributed by atoms with van der Waals surface area (Å²) in [6, 6.07) is 5.81. The maximum Gasteiger partial charge on any atom is 0.267 e. The molecule has 1 aliphatic heterocycles. The van der Waals surface area contributed by atoms with Crippen molar-refractivity contribution in [2.24, 2.45) is 5.73 Å². The molecule has 0 bridgehead atoms. The van der Waals surface area contributed by atoms with Crippen molar-refractivity contribution in [1.82, 2.24) is 4.98 Å². The van der Waals surface area contributed by atoms with Crippen LogP contribution in [0.1, 0.15) is 28.5 Å². The van der Waals surface area contributed by atoms with Gasteiger partial charge < -0.3 is 15.7 Å². The van der Waals surface area contributed by atoms with E-state index in [1.54, 1.807) is 11.0 Å². The van der Waals surface area contributed by atoms with E-state index in [9.17, 15) is 18.7 Å². The van der Waals surface area contributed by atoms with Gasteiger partial charge >= 0.3 is 0 Å². The molecule has 2 atom stereocenters. The van der Waals surface area contributed by atoms with Crippen LogP contribution in [0.2, 0.25) is 0 Å². The molecule has 2 aromatic rings. The van der Waals surface area contributed by atoms with Gasteiger partial charge in [-0.25, -0.2) is 8.78 Å². The van der Waals surface area contributed by atoms with E-state index in [2.05, 4.69) is 4.98 Å².